The summed E-state index contributed by atoms with van der Waals surface area (Å²) in [5.74, 6) is 0.0555. The Labute approximate surface area is 152 Å². The molecule has 0 spiro atoms. The van der Waals surface area contributed by atoms with E-state index in [0.29, 0.717) is 32.3 Å². The van der Waals surface area contributed by atoms with Gasteiger partial charge in [0.25, 0.3) is 0 Å². The summed E-state index contributed by atoms with van der Waals surface area (Å²) in [6, 6.07) is 5.89. The third-order valence-corrected chi connectivity index (χ3v) is 3.32. The average molecular weight is 436 g/mol. The number of nitrogens with two attached hydrogens (primary N) is 1. The van der Waals surface area contributed by atoms with Crippen molar-refractivity contribution in [2.45, 2.75) is 6.42 Å². The van der Waals surface area contributed by atoms with Crippen LogP contribution in [-0.4, -0.2) is 56.2 Å². The molecule has 0 saturated carbocycles. The second-order valence-electron chi connectivity index (χ2n) is 4.99. The number of rotatable bonds is 5. The molecule has 6 nitrogen and oxygen atoms in total. The highest BCUT2D eigenvalue weighted by molar-refractivity contribution is 14.0. The van der Waals surface area contributed by atoms with Gasteiger partial charge in [0.2, 0.25) is 5.91 Å². The van der Waals surface area contributed by atoms with Crippen LogP contribution in [0.4, 0.5) is 4.39 Å². The number of ether oxygens (including phenoxy) is 1. The normalized spacial score (nSPS) is 15.0. The first-order chi connectivity index (χ1) is 10.6. The highest BCUT2D eigenvalue weighted by Gasteiger charge is 2.11. The third kappa shape index (κ3) is 7.12. The average Bonchev–Trinajstić information content (AvgIpc) is 2.54. The summed E-state index contributed by atoms with van der Waals surface area (Å²) in [5, 5.41) is 2.77. The zero-order valence-electron chi connectivity index (χ0n) is 12.8. The standard InChI is InChI=1S/C15H21FN4O2.HI/c16-13-3-1-12(2-4-13)11-14(21)18-5-6-19-15(17)20-7-9-22-10-8-20;/h1-4H,5-11H2,(H2,17,19)(H,18,21);1H. The van der Waals surface area contributed by atoms with E-state index in [4.69, 9.17) is 10.5 Å². The van der Waals surface area contributed by atoms with Crippen molar-refractivity contribution in [2.24, 2.45) is 10.7 Å². The SMILES string of the molecule is I.NC(=NCCNC(=O)Cc1ccc(F)cc1)N1CCOCC1. The Hall–Kier alpha value is -1.42. The maximum atomic E-state index is 12.8. The Morgan fingerprint density at radius 3 is 2.61 bits per heavy atom. The highest BCUT2D eigenvalue weighted by Crippen LogP contribution is 2.03. The lowest BCUT2D eigenvalue weighted by atomic mass is 10.1. The Morgan fingerprint density at radius 1 is 1.30 bits per heavy atom. The van der Waals surface area contributed by atoms with Gasteiger partial charge in [-0.15, -0.1) is 24.0 Å². The second-order valence-corrected chi connectivity index (χ2v) is 4.99. The molecule has 0 radical (unpaired) electrons. The molecule has 0 atom stereocenters. The lowest BCUT2D eigenvalue weighted by Gasteiger charge is -2.27. The Kier molecular flexibility index (Phi) is 8.85. The summed E-state index contributed by atoms with van der Waals surface area (Å²) in [6.07, 6.45) is 0.225. The van der Waals surface area contributed by atoms with E-state index in [2.05, 4.69) is 10.3 Å². The molecule has 1 aliphatic heterocycles. The first kappa shape index (κ1) is 19.6. The van der Waals surface area contributed by atoms with Crippen LogP contribution in [-0.2, 0) is 16.0 Å². The van der Waals surface area contributed by atoms with E-state index in [1.807, 2.05) is 4.90 Å². The molecular weight excluding hydrogens is 414 g/mol. The quantitative estimate of drug-likeness (QED) is 0.309. The molecule has 1 aromatic rings. The number of hydrogen-bond donors (Lipinski definition) is 2. The van der Waals surface area contributed by atoms with Crippen LogP contribution in [0, 0.1) is 5.82 Å². The molecule has 2 rings (SSSR count). The van der Waals surface area contributed by atoms with Crippen molar-refractivity contribution in [1.82, 2.24) is 10.2 Å². The van der Waals surface area contributed by atoms with E-state index in [1.54, 1.807) is 12.1 Å². The van der Waals surface area contributed by atoms with Crippen molar-refractivity contribution in [3.63, 3.8) is 0 Å². The third-order valence-electron chi connectivity index (χ3n) is 3.32. The molecule has 1 amide bonds. The van der Waals surface area contributed by atoms with E-state index in [0.717, 1.165) is 18.7 Å². The van der Waals surface area contributed by atoms with Crippen molar-refractivity contribution in [1.29, 1.82) is 0 Å². The topological polar surface area (TPSA) is 79.9 Å². The van der Waals surface area contributed by atoms with Gasteiger partial charge in [0.05, 0.1) is 26.2 Å². The van der Waals surface area contributed by atoms with Crippen LogP contribution in [0.2, 0.25) is 0 Å². The molecule has 128 valence electrons. The van der Waals surface area contributed by atoms with Crippen LogP contribution < -0.4 is 11.1 Å². The molecule has 0 unspecified atom stereocenters. The van der Waals surface area contributed by atoms with Gasteiger partial charge in [0, 0.05) is 19.6 Å². The smallest absolute Gasteiger partial charge is 0.224 e. The van der Waals surface area contributed by atoms with Crippen LogP contribution in [0.15, 0.2) is 29.3 Å². The number of nitrogens with zero attached hydrogens (tertiary/aromatic N) is 2. The van der Waals surface area contributed by atoms with Gasteiger partial charge in [-0.05, 0) is 17.7 Å². The van der Waals surface area contributed by atoms with Crippen LogP contribution in [0.1, 0.15) is 5.56 Å². The van der Waals surface area contributed by atoms with E-state index >= 15 is 0 Å². The Bertz CT molecular complexity index is 519. The zero-order valence-corrected chi connectivity index (χ0v) is 15.2. The van der Waals surface area contributed by atoms with Crippen LogP contribution in [0.3, 0.4) is 0 Å². The van der Waals surface area contributed by atoms with E-state index in [9.17, 15) is 9.18 Å². The predicted molar refractivity (Wildman–Crippen MR) is 97.4 cm³/mol. The number of nitrogens with one attached hydrogen (secondary N) is 1. The summed E-state index contributed by atoms with van der Waals surface area (Å²) in [7, 11) is 0. The number of halogens is 2. The molecule has 8 heteroatoms. The van der Waals surface area contributed by atoms with E-state index in [-0.39, 0.29) is 42.1 Å². The van der Waals surface area contributed by atoms with Crippen LogP contribution in [0.25, 0.3) is 0 Å². The highest BCUT2D eigenvalue weighted by atomic mass is 127. The maximum absolute atomic E-state index is 12.8. The molecule has 0 bridgehead atoms. The van der Waals surface area contributed by atoms with Gasteiger partial charge in [-0.3, -0.25) is 9.79 Å². The fourth-order valence-electron chi connectivity index (χ4n) is 2.11. The summed E-state index contributed by atoms with van der Waals surface area (Å²) in [5.41, 5.74) is 6.65. The maximum Gasteiger partial charge on any atom is 0.224 e. The minimum Gasteiger partial charge on any atom is -0.378 e. The number of amides is 1. The lowest BCUT2D eigenvalue weighted by Crippen LogP contribution is -2.45. The summed E-state index contributed by atoms with van der Waals surface area (Å²) in [6.45, 7) is 3.65. The monoisotopic (exact) mass is 436 g/mol. The van der Waals surface area contributed by atoms with Crippen molar-refractivity contribution < 1.29 is 13.9 Å². The van der Waals surface area contributed by atoms with Crippen molar-refractivity contribution in [3.05, 3.63) is 35.6 Å². The van der Waals surface area contributed by atoms with Crippen LogP contribution >= 0.6 is 24.0 Å². The molecular formula is C15H22FIN4O2. The molecule has 1 aromatic carbocycles. The predicted octanol–water partition coefficient (Wildman–Crippen LogP) is 0.749. The van der Waals surface area contributed by atoms with Gasteiger partial charge in [0.1, 0.15) is 5.82 Å². The van der Waals surface area contributed by atoms with Gasteiger partial charge in [-0.1, -0.05) is 12.1 Å². The van der Waals surface area contributed by atoms with Crippen molar-refractivity contribution in [2.75, 3.05) is 39.4 Å². The fourth-order valence-corrected chi connectivity index (χ4v) is 2.11. The first-order valence-corrected chi connectivity index (χ1v) is 7.29. The number of hydrogen-bond acceptors (Lipinski definition) is 3. The van der Waals surface area contributed by atoms with Gasteiger partial charge >= 0.3 is 0 Å². The molecule has 1 heterocycles. The molecule has 1 saturated heterocycles. The van der Waals surface area contributed by atoms with Crippen molar-refractivity contribution >= 4 is 35.8 Å². The Morgan fingerprint density at radius 2 is 1.96 bits per heavy atom. The van der Waals surface area contributed by atoms with Crippen LogP contribution in [0.5, 0.6) is 0 Å². The molecule has 1 aliphatic rings. The van der Waals surface area contributed by atoms with Gasteiger partial charge in [-0.2, -0.15) is 0 Å². The molecule has 0 aliphatic carbocycles. The minimum atomic E-state index is -0.308. The molecule has 1 fully saturated rings. The zero-order chi connectivity index (χ0) is 15.8. The van der Waals surface area contributed by atoms with Gasteiger partial charge in [-0.25, -0.2) is 4.39 Å². The second kappa shape index (κ2) is 10.4. The minimum absolute atomic E-state index is 0. The fraction of sp³-hybridized carbons (Fsp3) is 0.467. The summed E-state index contributed by atoms with van der Waals surface area (Å²) in [4.78, 5) is 17.9. The summed E-state index contributed by atoms with van der Waals surface area (Å²) >= 11 is 0. The lowest BCUT2D eigenvalue weighted by molar-refractivity contribution is -0.120. The number of morpholine rings is 1. The number of carbonyl (C=O) groups excluding carboxylic acids is 1. The molecule has 23 heavy (non-hydrogen) atoms. The van der Waals surface area contributed by atoms with Gasteiger partial charge in [0.15, 0.2) is 5.96 Å². The molecule has 0 aromatic heterocycles. The Balaban J connectivity index is 0.00000264. The number of benzene rings is 1. The largest absolute Gasteiger partial charge is 0.378 e. The van der Waals surface area contributed by atoms with E-state index < -0.39 is 0 Å². The van der Waals surface area contributed by atoms with Crippen molar-refractivity contribution in [3.8, 4) is 0 Å². The number of carbonyl (C=O) groups is 1. The number of guanidine groups is 1. The van der Waals surface area contributed by atoms with Gasteiger partial charge < -0.3 is 20.7 Å². The van der Waals surface area contributed by atoms with E-state index in [1.165, 1.54) is 12.1 Å². The first-order valence-electron chi connectivity index (χ1n) is 7.29. The number of aliphatic imine (C=N–C) groups is 1. The molecule has 3 N–H and O–H groups in total. The summed E-state index contributed by atoms with van der Waals surface area (Å²) < 4.78 is 18.0.